The summed E-state index contributed by atoms with van der Waals surface area (Å²) in [7, 11) is 0. The Morgan fingerprint density at radius 3 is 2.89 bits per heavy atom. The van der Waals surface area contributed by atoms with E-state index in [4.69, 9.17) is 5.11 Å². The number of hydrogen-bond acceptors (Lipinski definition) is 4. The lowest BCUT2D eigenvalue weighted by atomic mass is 10.4. The molecule has 0 aromatic carbocycles. The molecule has 0 spiro atoms. The zero-order valence-electron chi connectivity index (χ0n) is 8.94. The summed E-state index contributed by atoms with van der Waals surface area (Å²) in [6, 6.07) is 1.65. The van der Waals surface area contributed by atoms with Gasteiger partial charge in [-0.2, -0.15) is 0 Å². The maximum Gasteiger partial charge on any atom is 0.355 e. The van der Waals surface area contributed by atoms with Crippen LogP contribution in [0.15, 0.2) is 22.1 Å². The number of carboxylic acids is 1. The van der Waals surface area contributed by atoms with E-state index >= 15 is 0 Å². The largest absolute Gasteiger partial charge is 0.476 e. The Balaban J connectivity index is 1.95. The lowest BCUT2D eigenvalue weighted by Crippen LogP contribution is -2.23. The fourth-order valence-corrected chi connectivity index (χ4v) is 2.29. The first kappa shape index (κ1) is 12.8. The zero-order chi connectivity index (χ0) is 13.1. The molecule has 18 heavy (non-hydrogen) atoms. The number of carbonyl (C=O) groups excluding carboxylic acids is 1. The summed E-state index contributed by atoms with van der Waals surface area (Å²) in [6.45, 7) is 0.202. The smallest absolute Gasteiger partial charge is 0.355 e. The first-order valence-electron chi connectivity index (χ1n) is 4.86. The van der Waals surface area contributed by atoms with Crippen molar-refractivity contribution >= 4 is 39.1 Å². The summed E-state index contributed by atoms with van der Waals surface area (Å²) < 4.78 is 0.787. The van der Waals surface area contributed by atoms with Gasteiger partial charge in [-0.3, -0.25) is 4.79 Å². The molecule has 2 aromatic rings. The van der Waals surface area contributed by atoms with Gasteiger partial charge in [-0.25, -0.2) is 9.78 Å². The summed E-state index contributed by atoms with van der Waals surface area (Å²) in [5.74, 6) is -1.34. The molecular weight excluding hydrogens is 322 g/mol. The monoisotopic (exact) mass is 329 g/mol. The van der Waals surface area contributed by atoms with Crippen molar-refractivity contribution in [3.8, 4) is 0 Å². The quantitative estimate of drug-likeness (QED) is 0.797. The molecular formula is C10H8BrN3O3S. The van der Waals surface area contributed by atoms with E-state index in [1.54, 1.807) is 12.3 Å². The molecule has 0 saturated heterocycles. The molecule has 3 N–H and O–H groups in total. The van der Waals surface area contributed by atoms with E-state index in [1.807, 2.05) is 0 Å². The lowest BCUT2D eigenvalue weighted by molar-refractivity contribution is 0.0691. The number of aromatic amines is 1. The molecule has 0 fully saturated rings. The Hall–Kier alpha value is -1.67. The number of nitrogens with one attached hydrogen (secondary N) is 2. The highest BCUT2D eigenvalue weighted by Crippen LogP contribution is 2.12. The van der Waals surface area contributed by atoms with E-state index in [0.717, 1.165) is 4.47 Å². The van der Waals surface area contributed by atoms with Crippen molar-refractivity contribution in [2.45, 2.75) is 6.54 Å². The van der Waals surface area contributed by atoms with Crippen LogP contribution in [0.4, 0.5) is 0 Å². The van der Waals surface area contributed by atoms with Crippen LogP contribution in [0.2, 0.25) is 0 Å². The van der Waals surface area contributed by atoms with Crippen LogP contribution in [0.1, 0.15) is 26.0 Å². The molecule has 0 aliphatic rings. The number of aromatic carboxylic acids is 1. The highest BCUT2D eigenvalue weighted by Gasteiger charge is 2.11. The summed E-state index contributed by atoms with van der Waals surface area (Å²) in [6.07, 6.45) is 1.65. The Morgan fingerprint density at radius 2 is 2.33 bits per heavy atom. The maximum absolute atomic E-state index is 11.7. The number of rotatable bonds is 4. The van der Waals surface area contributed by atoms with Crippen LogP contribution in [-0.2, 0) is 6.54 Å². The standard InChI is InChI=1S/C10H8BrN3O3S/c11-5-1-6(12-2-5)9(15)13-3-8-14-7(4-18-8)10(16)17/h1-2,4,12H,3H2,(H,13,15)(H,16,17). The topological polar surface area (TPSA) is 95.1 Å². The number of halogens is 1. The van der Waals surface area contributed by atoms with Crippen molar-refractivity contribution in [2.24, 2.45) is 0 Å². The number of thiazole rings is 1. The highest BCUT2D eigenvalue weighted by molar-refractivity contribution is 9.10. The molecule has 0 aliphatic carbocycles. The van der Waals surface area contributed by atoms with Crippen LogP contribution < -0.4 is 5.32 Å². The van der Waals surface area contributed by atoms with Crippen molar-refractivity contribution < 1.29 is 14.7 Å². The van der Waals surface area contributed by atoms with Gasteiger partial charge in [-0.1, -0.05) is 0 Å². The van der Waals surface area contributed by atoms with Crippen LogP contribution in [0.25, 0.3) is 0 Å². The van der Waals surface area contributed by atoms with E-state index in [2.05, 4.69) is 31.2 Å². The third kappa shape index (κ3) is 2.96. The predicted octanol–water partition coefficient (Wildman–Crippen LogP) is 1.86. The van der Waals surface area contributed by atoms with Gasteiger partial charge in [0.1, 0.15) is 10.7 Å². The molecule has 0 unspecified atom stereocenters. The molecule has 0 saturated carbocycles. The molecule has 0 aliphatic heterocycles. The summed E-state index contributed by atoms with van der Waals surface area (Å²) >= 11 is 4.42. The zero-order valence-corrected chi connectivity index (χ0v) is 11.3. The van der Waals surface area contributed by atoms with Crippen molar-refractivity contribution in [3.63, 3.8) is 0 Å². The van der Waals surface area contributed by atoms with E-state index in [1.165, 1.54) is 16.7 Å². The first-order chi connectivity index (χ1) is 8.56. The van der Waals surface area contributed by atoms with Crippen molar-refractivity contribution in [3.05, 3.63) is 38.5 Å². The minimum Gasteiger partial charge on any atom is -0.476 e. The highest BCUT2D eigenvalue weighted by atomic mass is 79.9. The molecule has 0 radical (unpaired) electrons. The molecule has 0 bridgehead atoms. The second-order valence-corrected chi connectivity index (χ2v) is 5.20. The molecule has 0 atom stereocenters. The van der Waals surface area contributed by atoms with E-state index < -0.39 is 5.97 Å². The Bertz CT molecular complexity index is 593. The van der Waals surface area contributed by atoms with E-state index in [0.29, 0.717) is 10.7 Å². The van der Waals surface area contributed by atoms with Gasteiger partial charge in [-0.05, 0) is 22.0 Å². The third-order valence-electron chi connectivity index (χ3n) is 2.06. The fraction of sp³-hybridized carbons (Fsp3) is 0.100. The van der Waals surface area contributed by atoms with Crippen molar-refractivity contribution in [1.29, 1.82) is 0 Å². The Morgan fingerprint density at radius 1 is 1.56 bits per heavy atom. The van der Waals surface area contributed by atoms with Gasteiger partial charge in [0.2, 0.25) is 0 Å². The van der Waals surface area contributed by atoms with Crippen LogP contribution in [0.5, 0.6) is 0 Å². The number of aromatic nitrogens is 2. The molecule has 2 aromatic heterocycles. The average Bonchev–Trinajstić information content (AvgIpc) is 2.94. The second kappa shape index (κ2) is 5.32. The Kier molecular flexibility index (Phi) is 3.78. The van der Waals surface area contributed by atoms with Crippen LogP contribution >= 0.6 is 27.3 Å². The number of carboxylic acid groups (broad SMARTS) is 1. The summed E-state index contributed by atoms with van der Waals surface area (Å²) in [5.41, 5.74) is 0.420. The van der Waals surface area contributed by atoms with Crippen LogP contribution in [0, 0.1) is 0 Å². The minimum absolute atomic E-state index is 0.00753. The molecule has 2 rings (SSSR count). The van der Waals surface area contributed by atoms with Gasteiger partial charge in [0.05, 0.1) is 6.54 Å². The lowest BCUT2D eigenvalue weighted by Gasteiger charge is -2.00. The molecule has 8 heteroatoms. The fourth-order valence-electron chi connectivity index (χ4n) is 1.24. The number of amides is 1. The van der Waals surface area contributed by atoms with E-state index in [-0.39, 0.29) is 18.1 Å². The summed E-state index contributed by atoms with van der Waals surface area (Å²) in [4.78, 5) is 29.0. The average molecular weight is 330 g/mol. The minimum atomic E-state index is -1.07. The predicted molar refractivity (Wildman–Crippen MR) is 68.7 cm³/mol. The first-order valence-corrected chi connectivity index (χ1v) is 6.53. The van der Waals surface area contributed by atoms with Crippen LogP contribution in [-0.4, -0.2) is 27.0 Å². The van der Waals surface area contributed by atoms with Crippen molar-refractivity contribution in [2.75, 3.05) is 0 Å². The van der Waals surface area contributed by atoms with Gasteiger partial charge < -0.3 is 15.4 Å². The van der Waals surface area contributed by atoms with Crippen molar-refractivity contribution in [1.82, 2.24) is 15.3 Å². The molecule has 1 amide bonds. The molecule has 2 heterocycles. The van der Waals surface area contributed by atoms with Gasteiger partial charge in [-0.15, -0.1) is 11.3 Å². The molecule has 94 valence electrons. The van der Waals surface area contributed by atoms with Crippen LogP contribution in [0.3, 0.4) is 0 Å². The SMILES string of the molecule is O=C(O)c1csc(CNC(=O)c2cc(Br)c[nH]2)n1. The van der Waals surface area contributed by atoms with E-state index in [9.17, 15) is 9.59 Å². The summed E-state index contributed by atoms with van der Waals surface area (Å²) in [5, 5.41) is 13.3. The number of hydrogen-bond donors (Lipinski definition) is 3. The molecule has 6 nitrogen and oxygen atoms in total. The van der Waals surface area contributed by atoms with Gasteiger partial charge in [0.25, 0.3) is 5.91 Å². The normalized spacial score (nSPS) is 10.3. The van der Waals surface area contributed by atoms with Gasteiger partial charge in [0.15, 0.2) is 5.69 Å². The number of nitrogens with zero attached hydrogens (tertiary/aromatic N) is 1. The number of H-pyrrole nitrogens is 1. The third-order valence-corrected chi connectivity index (χ3v) is 3.37. The second-order valence-electron chi connectivity index (χ2n) is 3.35. The van der Waals surface area contributed by atoms with Gasteiger partial charge >= 0.3 is 5.97 Å². The Labute approximate surface area is 114 Å². The van der Waals surface area contributed by atoms with Gasteiger partial charge in [0, 0.05) is 16.0 Å². The maximum atomic E-state index is 11.7. The number of carbonyl (C=O) groups is 2.